The number of sulfonamides is 1. The Morgan fingerprint density at radius 3 is 1.90 bits per heavy atom. The van der Waals surface area contributed by atoms with Gasteiger partial charge in [0.05, 0.1) is 4.90 Å². The van der Waals surface area contributed by atoms with E-state index in [0.29, 0.717) is 23.9 Å². The Bertz CT molecular complexity index is 1160. The minimum Gasteiger partial charge on any atom is -0.388 e. The molecule has 40 heavy (non-hydrogen) atoms. The molecule has 0 aromatic heterocycles. The number of nitrogens with one attached hydrogen (secondary N) is 2. The van der Waals surface area contributed by atoms with Crippen molar-refractivity contribution in [2.24, 2.45) is 11.8 Å². The first kappa shape index (κ1) is 32.1. The van der Waals surface area contributed by atoms with Crippen molar-refractivity contribution in [3.8, 4) is 0 Å². The highest BCUT2D eigenvalue weighted by molar-refractivity contribution is 7.97. The molecule has 8 nitrogen and oxygen atoms in total. The molecule has 2 aromatic rings. The maximum absolute atomic E-state index is 13.0. The average Bonchev–Trinajstić information content (AvgIpc) is 2.95. The van der Waals surface area contributed by atoms with E-state index in [2.05, 4.69) is 27.1 Å². The van der Waals surface area contributed by atoms with Gasteiger partial charge in [-0.25, -0.2) is 12.7 Å². The van der Waals surface area contributed by atoms with Crippen molar-refractivity contribution in [2.75, 3.05) is 43.9 Å². The van der Waals surface area contributed by atoms with Gasteiger partial charge in [-0.1, -0.05) is 19.3 Å². The SMILES string of the molecule is CC=O.CNc1ccc(S(=O)(=O)N2CCC(CCCC3CCN(Sc4ccc(NC(C)=O)cc4)CC3)CC2)cc1. The molecule has 2 N–H and O–H groups in total. The van der Waals surface area contributed by atoms with Gasteiger partial charge in [0.15, 0.2) is 0 Å². The Hall–Kier alpha value is -2.40. The summed E-state index contributed by atoms with van der Waals surface area (Å²) in [7, 11) is -1.57. The number of amides is 1. The zero-order valence-corrected chi connectivity index (χ0v) is 25.6. The zero-order chi connectivity index (χ0) is 29.0. The molecule has 2 heterocycles. The van der Waals surface area contributed by atoms with Gasteiger partial charge in [0.2, 0.25) is 15.9 Å². The van der Waals surface area contributed by atoms with E-state index in [9.17, 15) is 13.2 Å². The van der Waals surface area contributed by atoms with Gasteiger partial charge in [-0.15, -0.1) is 0 Å². The number of carbonyl (C=O) groups is 2. The Morgan fingerprint density at radius 1 is 0.900 bits per heavy atom. The largest absolute Gasteiger partial charge is 0.388 e. The molecule has 0 spiro atoms. The predicted octanol–water partition coefficient (Wildman–Crippen LogP) is 5.88. The summed E-state index contributed by atoms with van der Waals surface area (Å²) < 4.78 is 30.1. The molecular formula is C30H44N4O4S2. The molecular weight excluding hydrogens is 544 g/mol. The first-order valence-electron chi connectivity index (χ1n) is 14.2. The van der Waals surface area contributed by atoms with E-state index in [-0.39, 0.29) is 5.91 Å². The summed E-state index contributed by atoms with van der Waals surface area (Å²) in [4.78, 5) is 21.6. The van der Waals surface area contributed by atoms with Gasteiger partial charge in [0.25, 0.3) is 0 Å². The molecule has 2 fully saturated rings. The third-order valence-electron chi connectivity index (χ3n) is 7.56. The van der Waals surface area contributed by atoms with Crippen LogP contribution < -0.4 is 10.6 Å². The summed E-state index contributed by atoms with van der Waals surface area (Å²) in [6, 6.07) is 15.1. The van der Waals surface area contributed by atoms with Crippen molar-refractivity contribution in [3.05, 3.63) is 48.5 Å². The number of aldehydes is 1. The highest BCUT2D eigenvalue weighted by Crippen LogP contribution is 2.33. The molecule has 0 aliphatic carbocycles. The highest BCUT2D eigenvalue weighted by atomic mass is 32.2. The molecule has 0 radical (unpaired) electrons. The van der Waals surface area contributed by atoms with Crippen LogP contribution in [-0.2, 0) is 19.6 Å². The van der Waals surface area contributed by atoms with Crippen molar-refractivity contribution >= 4 is 45.5 Å². The molecule has 2 saturated heterocycles. The molecule has 0 saturated carbocycles. The van der Waals surface area contributed by atoms with E-state index in [1.807, 2.05) is 31.3 Å². The summed E-state index contributed by atoms with van der Waals surface area (Å²) >= 11 is 1.81. The highest BCUT2D eigenvalue weighted by Gasteiger charge is 2.29. The monoisotopic (exact) mass is 588 g/mol. The van der Waals surface area contributed by atoms with E-state index in [4.69, 9.17) is 4.79 Å². The summed E-state index contributed by atoms with van der Waals surface area (Å²) in [6.45, 7) is 6.43. The number of rotatable bonds is 10. The van der Waals surface area contributed by atoms with Gasteiger partial charge in [0.1, 0.15) is 6.29 Å². The minimum absolute atomic E-state index is 0.0486. The topological polar surface area (TPSA) is 98.8 Å². The Labute approximate surface area is 244 Å². The summed E-state index contributed by atoms with van der Waals surface area (Å²) in [5.41, 5.74) is 1.75. The molecule has 220 valence electrons. The summed E-state index contributed by atoms with van der Waals surface area (Å²) in [5.74, 6) is 1.38. The molecule has 1 amide bonds. The molecule has 0 unspecified atom stereocenters. The molecule has 10 heteroatoms. The lowest BCUT2D eigenvalue weighted by molar-refractivity contribution is -0.114. The van der Waals surface area contributed by atoms with Crippen LogP contribution in [-0.4, -0.2) is 62.4 Å². The second-order valence-corrected chi connectivity index (χ2v) is 13.6. The fraction of sp³-hybridized carbons (Fsp3) is 0.533. The molecule has 2 aliphatic heterocycles. The smallest absolute Gasteiger partial charge is 0.243 e. The van der Waals surface area contributed by atoms with Crippen LogP contribution in [0.5, 0.6) is 0 Å². The first-order chi connectivity index (χ1) is 19.2. The lowest BCUT2D eigenvalue weighted by atomic mass is 9.87. The Kier molecular flexibility index (Phi) is 13.0. The van der Waals surface area contributed by atoms with Crippen LogP contribution in [0.25, 0.3) is 0 Å². The molecule has 2 aromatic carbocycles. The average molecular weight is 589 g/mol. The number of carbonyl (C=O) groups excluding carboxylic acids is 2. The lowest BCUT2D eigenvalue weighted by Crippen LogP contribution is -2.38. The predicted molar refractivity (Wildman–Crippen MR) is 164 cm³/mol. The Morgan fingerprint density at radius 2 is 1.40 bits per heavy atom. The number of nitrogens with zero attached hydrogens (tertiary/aromatic N) is 2. The van der Waals surface area contributed by atoms with Crippen molar-refractivity contribution in [1.82, 2.24) is 8.61 Å². The van der Waals surface area contributed by atoms with Crippen molar-refractivity contribution < 1.29 is 18.0 Å². The molecule has 2 aliphatic rings. The van der Waals surface area contributed by atoms with Crippen molar-refractivity contribution in [2.45, 2.75) is 68.6 Å². The van der Waals surface area contributed by atoms with Crippen LogP contribution in [0.15, 0.2) is 58.3 Å². The van der Waals surface area contributed by atoms with Gasteiger partial charge in [-0.3, -0.25) is 4.79 Å². The van der Waals surface area contributed by atoms with Gasteiger partial charge in [-0.2, -0.15) is 4.31 Å². The van der Waals surface area contributed by atoms with E-state index in [1.54, 1.807) is 28.4 Å². The van der Waals surface area contributed by atoms with Crippen LogP contribution in [0.4, 0.5) is 11.4 Å². The van der Waals surface area contributed by atoms with Crippen LogP contribution in [0.2, 0.25) is 0 Å². The van der Waals surface area contributed by atoms with E-state index < -0.39 is 10.0 Å². The van der Waals surface area contributed by atoms with Crippen molar-refractivity contribution in [3.63, 3.8) is 0 Å². The van der Waals surface area contributed by atoms with Gasteiger partial charge in [0, 0.05) is 56.4 Å². The van der Waals surface area contributed by atoms with Crippen LogP contribution >= 0.6 is 11.9 Å². The van der Waals surface area contributed by atoms with Gasteiger partial charge < -0.3 is 15.4 Å². The standard InChI is InChI=1S/C28H40N4O3S2.C2H4O/c1-22(33)30-26-6-10-27(11-7-26)36-31-18-14-23(15-19-31)4-3-5-24-16-20-32(21-17-24)37(34,35)28-12-8-25(29-2)9-13-28;1-2-3/h6-13,23-24,29H,3-5,14-21H2,1-2H3,(H,30,33);2H,1H3. The first-order valence-corrected chi connectivity index (χ1v) is 16.4. The molecule has 0 atom stereocenters. The van der Waals surface area contributed by atoms with Gasteiger partial charge in [-0.05, 0) is 105 Å². The maximum Gasteiger partial charge on any atom is 0.243 e. The van der Waals surface area contributed by atoms with E-state index in [0.717, 1.165) is 49.5 Å². The summed E-state index contributed by atoms with van der Waals surface area (Å²) in [6.07, 6.45) is 8.87. The number of hydrogen-bond donors (Lipinski definition) is 2. The molecule has 4 rings (SSSR count). The quantitative estimate of drug-likeness (QED) is 0.264. The second-order valence-electron chi connectivity index (χ2n) is 10.5. The third kappa shape index (κ3) is 9.90. The zero-order valence-electron chi connectivity index (χ0n) is 24.0. The Balaban J connectivity index is 0.00000141. The van der Waals surface area contributed by atoms with Crippen molar-refractivity contribution in [1.29, 1.82) is 0 Å². The number of piperidine rings is 2. The van der Waals surface area contributed by atoms with Crippen LogP contribution in [0, 0.1) is 11.8 Å². The molecule has 0 bridgehead atoms. The number of benzene rings is 2. The van der Waals surface area contributed by atoms with Crippen LogP contribution in [0.3, 0.4) is 0 Å². The normalized spacial score (nSPS) is 17.5. The van der Waals surface area contributed by atoms with Crippen LogP contribution in [0.1, 0.15) is 58.8 Å². The van der Waals surface area contributed by atoms with Gasteiger partial charge >= 0.3 is 0 Å². The summed E-state index contributed by atoms with van der Waals surface area (Å²) in [5, 5.41) is 5.84. The number of hydrogen-bond acceptors (Lipinski definition) is 7. The fourth-order valence-electron chi connectivity index (χ4n) is 5.32. The fourth-order valence-corrected chi connectivity index (χ4v) is 7.74. The second kappa shape index (κ2) is 16.1. The minimum atomic E-state index is -3.40. The lowest BCUT2D eigenvalue weighted by Gasteiger charge is -2.33. The maximum atomic E-state index is 13.0. The van der Waals surface area contributed by atoms with E-state index in [1.165, 1.54) is 50.8 Å². The number of anilines is 2. The third-order valence-corrected chi connectivity index (χ3v) is 10.6. The van der Waals surface area contributed by atoms with E-state index >= 15 is 0 Å².